The van der Waals surface area contributed by atoms with Gasteiger partial charge < -0.3 is 15.4 Å². The van der Waals surface area contributed by atoms with Crippen molar-refractivity contribution >= 4 is 17.4 Å². The molecule has 0 unspecified atom stereocenters. The van der Waals surface area contributed by atoms with Crippen molar-refractivity contribution in [3.05, 3.63) is 50.7 Å². The lowest BCUT2D eigenvalue weighted by Crippen LogP contribution is -2.44. The van der Waals surface area contributed by atoms with Crippen LogP contribution in [0.1, 0.15) is 33.3 Å². The Hall–Kier alpha value is -3.24. The van der Waals surface area contributed by atoms with Gasteiger partial charge >= 0.3 is 11.9 Å². The number of ether oxygens (including phenoxy) is 1. The first kappa shape index (κ1) is 25.0. The Balaban J connectivity index is 2.38. The second-order valence-corrected chi connectivity index (χ2v) is 8.21. The lowest BCUT2D eigenvalue weighted by molar-refractivity contribution is -0.137. The molecule has 8 nitrogen and oxygen atoms in total. The Kier molecular flexibility index (Phi) is 7.76. The number of nitrogen functional groups attached to an aromatic ring is 1. The highest BCUT2D eigenvalue weighted by Gasteiger charge is 2.31. The van der Waals surface area contributed by atoms with Crippen molar-refractivity contribution in [1.82, 2.24) is 9.55 Å². The molecule has 32 heavy (non-hydrogen) atoms. The number of H-pyrrole nitrogens is 1. The summed E-state index contributed by atoms with van der Waals surface area (Å²) in [6, 6.07) is 4.13. The van der Waals surface area contributed by atoms with Gasteiger partial charge in [-0.2, -0.15) is 13.2 Å². The molecule has 0 aliphatic rings. The van der Waals surface area contributed by atoms with E-state index in [0.717, 1.165) is 17.0 Å². The minimum atomic E-state index is -4.56. The van der Waals surface area contributed by atoms with E-state index in [-0.39, 0.29) is 42.2 Å². The fraction of sp³-hybridized carbons (Fsp3) is 0.476. The van der Waals surface area contributed by atoms with E-state index in [2.05, 4.69) is 4.98 Å². The van der Waals surface area contributed by atoms with Gasteiger partial charge in [0.2, 0.25) is 0 Å². The number of rotatable bonds is 8. The number of hydrogen-bond acceptors (Lipinski definition) is 5. The molecule has 2 rings (SSSR count). The number of alkyl halides is 3. The average Bonchev–Trinajstić information content (AvgIpc) is 2.67. The van der Waals surface area contributed by atoms with Crippen molar-refractivity contribution in [1.29, 1.82) is 0 Å². The molecule has 1 heterocycles. The van der Waals surface area contributed by atoms with Crippen molar-refractivity contribution in [3.8, 4) is 5.75 Å². The number of anilines is 2. The summed E-state index contributed by atoms with van der Waals surface area (Å²) in [4.78, 5) is 41.0. The second-order valence-electron chi connectivity index (χ2n) is 8.21. The zero-order valence-corrected chi connectivity index (χ0v) is 18.3. The summed E-state index contributed by atoms with van der Waals surface area (Å²) in [5, 5.41) is 0. The highest BCUT2D eigenvalue weighted by Crippen LogP contribution is 2.31. The van der Waals surface area contributed by atoms with Gasteiger partial charge in [0.25, 0.3) is 11.5 Å². The van der Waals surface area contributed by atoms with Crippen LogP contribution in [0.15, 0.2) is 33.9 Å². The van der Waals surface area contributed by atoms with E-state index in [1.807, 2.05) is 27.7 Å². The minimum Gasteiger partial charge on any atom is -0.484 e. The van der Waals surface area contributed by atoms with E-state index in [4.69, 9.17) is 10.5 Å². The molecule has 0 spiro atoms. The first-order valence-corrected chi connectivity index (χ1v) is 10.0. The Labute approximate surface area is 182 Å². The van der Waals surface area contributed by atoms with E-state index in [0.29, 0.717) is 0 Å². The quantitative estimate of drug-likeness (QED) is 0.635. The topological polar surface area (TPSA) is 110 Å². The molecule has 0 fully saturated rings. The smallest absolute Gasteiger partial charge is 0.416 e. The molecule has 1 aromatic heterocycles. The molecule has 0 saturated heterocycles. The van der Waals surface area contributed by atoms with Crippen LogP contribution >= 0.6 is 0 Å². The van der Waals surface area contributed by atoms with Gasteiger partial charge in [-0.25, -0.2) is 4.79 Å². The van der Waals surface area contributed by atoms with Crippen molar-refractivity contribution in [2.24, 2.45) is 11.8 Å². The summed E-state index contributed by atoms with van der Waals surface area (Å²) in [7, 11) is 0. The molecule has 0 radical (unpaired) electrons. The Morgan fingerprint density at radius 2 is 1.84 bits per heavy atom. The lowest BCUT2D eigenvalue weighted by atomic mass is 10.2. The summed E-state index contributed by atoms with van der Waals surface area (Å²) < 4.78 is 45.1. The molecule has 11 heteroatoms. The first-order chi connectivity index (χ1) is 14.8. The van der Waals surface area contributed by atoms with Gasteiger partial charge in [0.15, 0.2) is 12.3 Å². The molecule has 0 atom stereocenters. The van der Waals surface area contributed by atoms with E-state index >= 15 is 0 Å². The van der Waals surface area contributed by atoms with E-state index in [1.165, 1.54) is 16.7 Å². The number of amides is 1. The number of carbonyl (C=O) groups is 1. The molecule has 1 aromatic carbocycles. The lowest BCUT2D eigenvalue weighted by Gasteiger charge is -2.26. The molecule has 2 aromatic rings. The Morgan fingerprint density at radius 3 is 2.41 bits per heavy atom. The number of nitrogens with zero attached hydrogens (tertiary/aromatic N) is 2. The van der Waals surface area contributed by atoms with Gasteiger partial charge in [-0.15, -0.1) is 0 Å². The van der Waals surface area contributed by atoms with Crippen molar-refractivity contribution in [3.63, 3.8) is 0 Å². The molecule has 1 amide bonds. The summed E-state index contributed by atoms with van der Waals surface area (Å²) in [6.45, 7) is 7.01. The maximum Gasteiger partial charge on any atom is 0.416 e. The Bertz CT molecular complexity index is 1070. The number of benzene rings is 1. The Morgan fingerprint density at radius 1 is 1.19 bits per heavy atom. The number of aromatic nitrogens is 2. The second kappa shape index (κ2) is 9.92. The van der Waals surface area contributed by atoms with Crippen LogP contribution < -0.4 is 26.6 Å². The minimum absolute atomic E-state index is 0.0345. The molecular formula is C21H27F3N4O4. The maximum atomic E-state index is 12.9. The maximum absolute atomic E-state index is 12.9. The number of hydrogen-bond donors (Lipinski definition) is 2. The van der Waals surface area contributed by atoms with Crippen molar-refractivity contribution < 1.29 is 22.7 Å². The van der Waals surface area contributed by atoms with Gasteiger partial charge in [0, 0.05) is 13.1 Å². The third-order valence-corrected chi connectivity index (χ3v) is 4.40. The van der Waals surface area contributed by atoms with E-state index < -0.39 is 35.5 Å². The van der Waals surface area contributed by atoms with Crippen LogP contribution in [0.2, 0.25) is 0 Å². The highest BCUT2D eigenvalue weighted by atomic mass is 19.4. The average molecular weight is 456 g/mol. The molecular weight excluding hydrogens is 429 g/mol. The van der Waals surface area contributed by atoms with Gasteiger partial charge in [-0.1, -0.05) is 33.8 Å². The zero-order valence-electron chi connectivity index (χ0n) is 18.3. The molecule has 0 aliphatic heterocycles. The largest absolute Gasteiger partial charge is 0.484 e. The predicted octanol–water partition coefficient (Wildman–Crippen LogP) is 2.86. The summed E-state index contributed by atoms with van der Waals surface area (Å²) in [5.74, 6) is -1.06. The van der Waals surface area contributed by atoms with Crippen molar-refractivity contribution in [2.75, 3.05) is 23.8 Å². The van der Waals surface area contributed by atoms with Gasteiger partial charge in [0.1, 0.15) is 11.6 Å². The summed E-state index contributed by atoms with van der Waals surface area (Å²) in [5.41, 5.74) is 3.47. The number of nitrogens with one attached hydrogen (secondary N) is 1. The third-order valence-electron chi connectivity index (χ3n) is 4.40. The third kappa shape index (κ3) is 6.14. The molecule has 0 aliphatic carbocycles. The normalized spacial score (nSPS) is 11.8. The predicted molar refractivity (Wildman–Crippen MR) is 115 cm³/mol. The molecule has 3 N–H and O–H groups in total. The van der Waals surface area contributed by atoms with Crippen molar-refractivity contribution in [2.45, 2.75) is 40.4 Å². The number of nitrogens with two attached hydrogens (primary N) is 1. The summed E-state index contributed by atoms with van der Waals surface area (Å²) >= 11 is 0. The SMILES string of the molecule is CC(C)CN(C(=O)COc1cccc(C(F)(F)F)c1)c1c(N)n(CC(C)C)c(=O)[nH]c1=O. The van der Waals surface area contributed by atoms with Crippen LogP contribution in [0.4, 0.5) is 24.7 Å². The molecule has 0 bridgehead atoms. The summed E-state index contributed by atoms with van der Waals surface area (Å²) in [6.07, 6.45) is -4.56. The monoisotopic (exact) mass is 456 g/mol. The number of aromatic amines is 1. The van der Waals surface area contributed by atoms with Crippen LogP contribution in [-0.2, 0) is 17.5 Å². The van der Waals surface area contributed by atoms with Gasteiger partial charge in [0.05, 0.1) is 5.56 Å². The standard InChI is InChI=1S/C21H27F3N4O4/c1-12(2)9-27(17-18(25)28(10-13(3)4)20(31)26-19(17)30)16(29)11-32-15-7-5-6-14(8-15)21(22,23)24/h5-8,12-13H,9-11,25H2,1-4H3,(H,26,30,31). The van der Waals surface area contributed by atoms with Gasteiger partial charge in [-0.05, 0) is 30.0 Å². The zero-order chi connectivity index (χ0) is 24.2. The van der Waals surface area contributed by atoms with Gasteiger partial charge in [-0.3, -0.25) is 19.1 Å². The van der Waals surface area contributed by atoms with Crippen LogP contribution in [0.5, 0.6) is 5.75 Å². The van der Waals surface area contributed by atoms with E-state index in [1.54, 1.807) is 0 Å². The fourth-order valence-electron chi connectivity index (χ4n) is 3.05. The fourth-order valence-corrected chi connectivity index (χ4v) is 3.05. The molecule has 176 valence electrons. The van der Waals surface area contributed by atoms with Crippen LogP contribution in [0.25, 0.3) is 0 Å². The molecule has 0 saturated carbocycles. The van der Waals surface area contributed by atoms with Crippen LogP contribution in [-0.4, -0.2) is 28.6 Å². The van der Waals surface area contributed by atoms with E-state index in [9.17, 15) is 27.6 Å². The highest BCUT2D eigenvalue weighted by molar-refractivity contribution is 5.96. The number of carbonyl (C=O) groups excluding carboxylic acids is 1. The van der Waals surface area contributed by atoms with Crippen LogP contribution in [0, 0.1) is 11.8 Å². The van der Waals surface area contributed by atoms with Crippen LogP contribution in [0.3, 0.4) is 0 Å². The first-order valence-electron chi connectivity index (χ1n) is 10.0. The number of halogens is 3.